The zero-order valence-electron chi connectivity index (χ0n) is 16.3. The summed E-state index contributed by atoms with van der Waals surface area (Å²) >= 11 is 1.76. The molecule has 2 aromatic heterocycles. The van der Waals surface area contributed by atoms with E-state index in [4.69, 9.17) is 14.7 Å². The molecule has 2 aliphatic rings. The van der Waals surface area contributed by atoms with Crippen LogP contribution in [0, 0.1) is 6.92 Å². The smallest absolute Gasteiger partial charge is 0.141 e. The molecule has 5 nitrogen and oxygen atoms in total. The van der Waals surface area contributed by atoms with Gasteiger partial charge in [-0.2, -0.15) is 0 Å². The van der Waals surface area contributed by atoms with Gasteiger partial charge in [0, 0.05) is 44.2 Å². The summed E-state index contributed by atoms with van der Waals surface area (Å²) in [7, 11) is 0. The number of hydrogen-bond acceptors (Lipinski definition) is 6. The Morgan fingerprint density at radius 2 is 1.93 bits per heavy atom. The summed E-state index contributed by atoms with van der Waals surface area (Å²) in [5.74, 6) is 1.95. The van der Waals surface area contributed by atoms with Crippen LogP contribution in [0.15, 0.2) is 36.4 Å². The van der Waals surface area contributed by atoms with Crippen LogP contribution in [0.4, 0.5) is 5.82 Å². The number of hydrogen-bond donors (Lipinski definition) is 0. The number of piperazine rings is 1. The third kappa shape index (κ3) is 3.64. The van der Waals surface area contributed by atoms with Gasteiger partial charge in [-0.1, -0.05) is 30.3 Å². The number of rotatable bonds is 4. The predicted octanol–water partition coefficient (Wildman–Crippen LogP) is 3.97. The van der Waals surface area contributed by atoms with Gasteiger partial charge in [-0.05, 0) is 31.4 Å². The first-order valence-corrected chi connectivity index (χ1v) is 11.0. The minimum Gasteiger partial charge on any atom is -0.377 e. The molecule has 1 unspecified atom stereocenters. The van der Waals surface area contributed by atoms with Gasteiger partial charge >= 0.3 is 0 Å². The molecule has 0 bridgehead atoms. The first kappa shape index (κ1) is 18.0. The lowest BCUT2D eigenvalue weighted by Gasteiger charge is -2.36. The number of nitrogens with zero attached hydrogens (tertiary/aromatic N) is 4. The summed E-state index contributed by atoms with van der Waals surface area (Å²) in [4.78, 5) is 16.9. The van der Waals surface area contributed by atoms with Crippen LogP contribution in [0.1, 0.15) is 18.7 Å². The fourth-order valence-corrected chi connectivity index (χ4v) is 5.29. The molecule has 0 spiro atoms. The lowest BCUT2D eigenvalue weighted by Crippen LogP contribution is -2.48. The highest BCUT2D eigenvalue weighted by Gasteiger charge is 2.25. The van der Waals surface area contributed by atoms with Crippen molar-refractivity contribution < 1.29 is 4.74 Å². The second kappa shape index (κ2) is 7.78. The fourth-order valence-electron chi connectivity index (χ4n) is 4.21. The summed E-state index contributed by atoms with van der Waals surface area (Å²) < 4.78 is 5.81. The van der Waals surface area contributed by atoms with Gasteiger partial charge in [0.05, 0.1) is 11.5 Å². The van der Waals surface area contributed by atoms with Crippen LogP contribution in [0.3, 0.4) is 0 Å². The third-order valence-electron chi connectivity index (χ3n) is 5.70. The molecule has 0 radical (unpaired) electrons. The van der Waals surface area contributed by atoms with E-state index in [-0.39, 0.29) is 0 Å². The zero-order chi connectivity index (χ0) is 18.9. The van der Waals surface area contributed by atoms with E-state index in [0.717, 1.165) is 55.8 Å². The number of benzene rings is 1. The number of aryl methyl sites for hydroxylation is 1. The van der Waals surface area contributed by atoms with Crippen molar-refractivity contribution >= 4 is 27.4 Å². The topological polar surface area (TPSA) is 41.5 Å². The molecule has 0 saturated carbocycles. The summed E-state index contributed by atoms with van der Waals surface area (Å²) in [6.45, 7) is 8.16. The molecule has 2 fully saturated rings. The normalized spacial score (nSPS) is 20.9. The number of anilines is 1. The van der Waals surface area contributed by atoms with Crippen LogP contribution >= 0.6 is 11.3 Å². The Morgan fingerprint density at radius 1 is 1.11 bits per heavy atom. The predicted molar refractivity (Wildman–Crippen MR) is 115 cm³/mol. The average Bonchev–Trinajstić information content (AvgIpc) is 3.38. The van der Waals surface area contributed by atoms with Crippen LogP contribution < -0.4 is 4.90 Å². The van der Waals surface area contributed by atoms with Crippen molar-refractivity contribution in [2.45, 2.75) is 25.9 Å². The quantitative estimate of drug-likeness (QED) is 0.670. The van der Waals surface area contributed by atoms with Crippen LogP contribution in [0.5, 0.6) is 0 Å². The maximum absolute atomic E-state index is 5.81. The van der Waals surface area contributed by atoms with Gasteiger partial charge < -0.3 is 9.64 Å². The second-order valence-corrected chi connectivity index (χ2v) is 8.74. The molecular formula is C22H26N4OS. The lowest BCUT2D eigenvalue weighted by molar-refractivity contribution is 0.0712. The van der Waals surface area contributed by atoms with Crippen molar-refractivity contribution in [3.63, 3.8) is 0 Å². The highest BCUT2D eigenvalue weighted by Crippen LogP contribution is 2.36. The minimum atomic E-state index is 0.435. The fraction of sp³-hybridized carbons (Fsp3) is 0.455. The molecule has 3 aromatic rings. The van der Waals surface area contributed by atoms with Gasteiger partial charge in [-0.15, -0.1) is 11.3 Å². The molecule has 146 valence electrons. The highest BCUT2D eigenvalue weighted by atomic mass is 32.1. The Balaban J connectivity index is 1.37. The van der Waals surface area contributed by atoms with E-state index in [9.17, 15) is 0 Å². The van der Waals surface area contributed by atoms with E-state index in [0.29, 0.717) is 6.10 Å². The molecule has 0 amide bonds. The highest BCUT2D eigenvalue weighted by molar-refractivity contribution is 7.21. The van der Waals surface area contributed by atoms with Crippen molar-refractivity contribution in [2.75, 3.05) is 44.2 Å². The van der Waals surface area contributed by atoms with Gasteiger partial charge in [0.15, 0.2) is 0 Å². The molecule has 1 atom stereocenters. The van der Waals surface area contributed by atoms with Crippen molar-refractivity contribution in [2.24, 2.45) is 0 Å². The molecule has 6 heteroatoms. The third-order valence-corrected chi connectivity index (χ3v) is 6.78. The standard InChI is InChI=1S/C22H26N4OS/c1-16-23-21(26-11-9-25(10-12-26)15-18-8-5-13-27-18)19-14-20(28-22(19)24-16)17-6-3-2-4-7-17/h2-4,6-7,14,18H,5,8-13,15H2,1H3. The average molecular weight is 395 g/mol. The largest absolute Gasteiger partial charge is 0.377 e. The zero-order valence-corrected chi connectivity index (χ0v) is 17.1. The molecule has 5 rings (SSSR count). The SMILES string of the molecule is Cc1nc(N2CCN(CC3CCCO3)CC2)c2cc(-c3ccccc3)sc2n1. The molecule has 0 N–H and O–H groups in total. The summed E-state index contributed by atoms with van der Waals surface area (Å²) in [5, 5.41) is 1.18. The van der Waals surface area contributed by atoms with Crippen LogP contribution in [0.25, 0.3) is 20.7 Å². The second-order valence-electron chi connectivity index (χ2n) is 7.71. The molecule has 0 aliphatic carbocycles. The van der Waals surface area contributed by atoms with Crippen molar-refractivity contribution in [1.82, 2.24) is 14.9 Å². The van der Waals surface area contributed by atoms with Crippen molar-refractivity contribution in [3.8, 4) is 10.4 Å². The first-order chi connectivity index (χ1) is 13.8. The van der Waals surface area contributed by atoms with E-state index in [2.05, 4.69) is 46.2 Å². The number of aromatic nitrogens is 2. The number of thiophene rings is 1. The molecule has 28 heavy (non-hydrogen) atoms. The van der Waals surface area contributed by atoms with Gasteiger partial charge in [-0.25, -0.2) is 9.97 Å². The van der Waals surface area contributed by atoms with E-state index < -0.39 is 0 Å². The summed E-state index contributed by atoms with van der Waals surface area (Å²) in [6, 6.07) is 12.8. The minimum absolute atomic E-state index is 0.435. The van der Waals surface area contributed by atoms with Crippen molar-refractivity contribution in [3.05, 3.63) is 42.2 Å². The van der Waals surface area contributed by atoms with Gasteiger partial charge in [0.25, 0.3) is 0 Å². The summed E-state index contributed by atoms with van der Waals surface area (Å²) in [6.07, 6.45) is 2.86. The molecule has 2 saturated heterocycles. The number of fused-ring (bicyclic) bond motifs is 1. The van der Waals surface area contributed by atoms with Gasteiger partial charge in [0.2, 0.25) is 0 Å². The van der Waals surface area contributed by atoms with Gasteiger partial charge in [-0.3, -0.25) is 4.90 Å². The van der Waals surface area contributed by atoms with Gasteiger partial charge in [0.1, 0.15) is 16.5 Å². The number of ether oxygens (including phenoxy) is 1. The lowest BCUT2D eigenvalue weighted by atomic mass is 10.1. The van der Waals surface area contributed by atoms with E-state index in [1.807, 2.05) is 6.92 Å². The molecule has 1 aromatic carbocycles. The monoisotopic (exact) mass is 394 g/mol. The first-order valence-electron chi connectivity index (χ1n) is 10.2. The Kier molecular flexibility index (Phi) is 5.01. The Labute approximate surface area is 170 Å². The van der Waals surface area contributed by atoms with Crippen molar-refractivity contribution in [1.29, 1.82) is 0 Å². The van der Waals surface area contributed by atoms with E-state index in [1.54, 1.807) is 11.3 Å². The van der Waals surface area contributed by atoms with E-state index >= 15 is 0 Å². The van der Waals surface area contributed by atoms with Crippen LogP contribution in [-0.2, 0) is 4.74 Å². The van der Waals surface area contributed by atoms with Crippen LogP contribution in [-0.4, -0.2) is 60.3 Å². The Hall–Kier alpha value is -2.02. The molecular weight excluding hydrogens is 368 g/mol. The Bertz CT molecular complexity index is 944. The Morgan fingerprint density at radius 3 is 2.68 bits per heavy atom. The molecule has 4 heterocycles. The maximum atomic E-state index is 5.81. The summed E-state index contributed by atoms with van der Waals surface area (Å²) in [5.41, 5.74) is 1.25. The van der Waals surface area contributed by atoms with E-state index in [1.165, 1.54) is 28.7 Å². The molecule has 2 aliphatic heterocycles. The van der Waals surface area contributed by atoms with Crippen LogP contribution in [0.2, 0.25) is 0 Å². The maximum Gasteiger partial charge on any atom is 0.141 e.